The van der Waals surface area contributed by atoms with Crippen LogP contribution in [-0.4, -0.2) is 39.0 Å². The van der Waals surface area contributed by atoms with Gasteiger partial charge in [0.1, 0.15) is 0 Å². The fraction of sp³-hybridized carbons (Fsp3) is 1.00. The first kappa shape index (κ1) is 16.9. The van der Waals surface area contributed by atoms with Gasteiger partial charge in [0.25, 0.3) is 0 Å². The van der Waals surface area contributed by atoms with Crippen molar-refractivity contribution in [1.29, 1.82) is 0 Å². The van der Waals surface area contributed by atoms with Crippen molar-refractivity contribution in [3.8, 4) is 0 Å². The van der Waals surface area contributed by atoms with Gasteiger partial charge in [0, 0.05) is 33.4 Å². The molecule has 0 aromatic heterocycles. The molecule has 0 radical (unpaired) electrons. The highest BCUT2D eigenvalue weighted by atomic mass is 16.5. The maximum atomic E-state index is 5.45. The Balaban J connectivity index is 3.94. The molecule has 0 aliphatic heterocycles. The molecule has 17 heavy (non-hydrogen) atoms. The van der Waals surface area contributed by atoms with E-state index in [0.29, 0.717) is 6.04 Å². The molecule has 0 bridgehead atoms. The molecule has 3 nitrogen and oxygen atoms in total. The van der Waals surface area contributed by atoms with Gasteiger partial charge in [-0.25, -0.2) is 0 Å². The lowest BCUT2D eigenvalue weighted by Crippen LogP contribution is -2.40. The molecule has 0 aliphatic rings. The Hall–Kier alpha value is -0.120. The van der Waals surface area contributed by atoms with E-state index in [2.05, 4.69) is 39.9 Å². The van der Waals surface area contributed by atoms with Crippen LogP contribution in [0.1, 0.15) is 47.5 Å². The van der Waals surface area contributed by atoms with Crippen LogP contribution < -0.4 is 5.32 Å². The maximum absolute atomic E-state index is 5.45. The average Bonchev–Trinajstić information content (AvgIpc) is 2.23. The van der Waals surface area contributed by atoms with E-state index in [1.165, 1.54) is 0 Å². The zero-order valence-corrected chi connectivity index (χ0v) is 12.7. The highest BCUT2D eigenvalue weighted by molar-refractivity contribution is 4.78. The number of ether oxygens (including phenoxy) is 2. The second kappa shape index (κ2) is 7.34. The average molecular weight is 245 g/mol. The van der Waals surface area contributed by atoms with Crippen LogP contribution in [0.25, 0.3) is 0 Å². The summed E-state index contributed by atoms with van der Waals surface area (Å²) in [5, 5.41) is 3.59. The fourth-order valence-corrected chi connectivity index (χ4v) is 1.81. The summed E-state index contributed by atoms with van der Waals surface area (Å²) in [5.74, 6) is 0. The van der Waals surface area contributed by atoms with E-state index in [0.717, 1.165) is 26.0 Å². The van der Waals surface area contributed by atoms with Crippen LogP contribution >= 0.6 is 0 Å². The van der Waals surface area contributed by atoms with E-state index in [-0.39, 0.29) is 11.0 Å². The predicted octanol–water partition coefficient (Wildman–Crippen LogP) is 2.84. The number of nitrogens with one attached hydrogen (secondary N) is 1. The molecule has 1 N–H and O–H groups in total. The third-order valence-corrected chi connectivity index (χ3v) is 3.26. The van der Waals surface area contributed by atoms with Gasteiger partial charge in [-0.1, -0.05) is 13.8 Å². The molecule has 104 valence electrons. The molecule has 0 heterocycles. The van der Waals surface area contributed by atoms with Crippen LogP contribution in [0.5, 0.6) is 0 Å². The van der Waals surface area contributed by atoms with Crippen molar-refractivity contribution in [3.05, 3.63) is 0 Å². The summed E-state index contributed by atoms with van der Waals surface area (Å²) in [4.78, 5) is 0. The maximum Gasteiger partial charge on any atom is 0.0637 e. The van der Waals surface area contributed by atoms with E-state index >= 15 is 0 Å². The van der Waals surface area contributed by atoms with Crippen LogP contribution in [-0.2, 0) is 9.47 Å². The summed E-state index contributed by atoms with van der Waals surface area (Å²) in [6.07, 6.45) is 2.10. The van der Waals surface area contributed by atoms with Crippen LogP contribution in [0.2, 0.25) is 0 Å². The largest absolute Gasteiger partial charge is 0.385 e. The molecule has 3 heteroatoms. The lowest BCUT2D eigenvalue weighted by atomic mass is 9.89. The van der Waals surface area contributed by atoms with E-state index in [1.54, 1.807) is 14.2 Å². The molecular weight excluding hydrogens is 214 g/mol. The minimum absolute atomic E-state index is 0.0525. The van der Waals surface area contributed by atoms with E-state index in [4.69, 9.17) is 9.47 Å². The molecule has 0 aromatic rings. The van der Waals surface area contributed by atoms with Crippen molar-refractivity contribution >= 4 is 0 Å². The Labute approximate surface area is 107 Å². The SMILES string of the molecule is COCCC(C)(C)CNC(C)CC(C)(C)OC. The molecule has 1 atom stereocenters. The Morgan fingerprint density at radius 2 is 1.71 bits per heavy atom. The lowest BCUT2D eigenvalue weighted by molar-refractivity contribution is 0.00763. The van der Waals surface area contributed by atoms with Gasteiger partial charge in [0.05, 0.1) is 5.60 Å². The first-order chi connectivity index (χ1) is 7.72. The second-order valence-electron chi connectivity index (χ2n) is 6.36. The van der Waals surface area contributed by atoms with E-state index in [9.17, 15) is 0 Å². The van der Waals surface area contributed by atoms with Crippen molar-refractivity contribution in [1.82, 2.24) is 5.32 Å². The minimum atomic E-state index is -0.0525. The third kappa shape index (κ3) is 8.58. The molecule has 0 rings (SSSR count). The van der Waals surface area contributed by atoms with Crippen molar-refractivity contribution in [2.24, 2.45) is 5.41 Å². The van der Waals surface area contributed by atoms with Gasteiger partial charge >= 0.3 is 0 Å². The lowest BCUT2D eigenvalue weighted by Gasteiger charge is -2.31. The van der Waals surface area contributed by atoms with Crippen LogP contribution in [0.4, 0.5) is 0 Å². The van der Waals surface area contributed by atoms with Crippen LogP contribution in [0.3, 0.4) is 0 Å². The zero-order chi connectivity index (χ0) is 13.5. The first-order valence-electron chi connectivity index (χ1n) is 6.50. The van der Waals surface area contributed by atoms with Gasteiger partial charge < -0.3 is 14.8 Å². The van der Waals surface area contributed by atoms with Crippen molar-refractivity contribution in [3.63, 3.8) is 0 Å². The van der Waals surface area contributed by atoms with Gasteiger partial charge in [-0.2, -0.15) is 0 Å². The summed E-state index contributed by atoms with van der Waals surface area (Å²) in [6.45, 7) is 12.8. The number of hydrogen-bond donors (Lipinski definition) is 1. The van der Waals surface area contributed by atoms with Crippen molar-refractivity contribution in [2.75, 3.05) is 27.4 Å². The molecule has 0 aliphatic carbocycles. The normalized spacial score (nSPS) is 15.0. The van der Waals surface area contributed by atoms with Gasteiger partial charge in [-0.3, -0.25) is 0 Å². The number of methoxy groups -OCH3 is 2. The van der Waals surface area contributed by atoms with Crippen molar-refractivity contribution < 1.29 is 9.47 Å². The van der Waals surface area contributed by atoms with E-state index in [1.807, 2.05) is 0 Å². The number of rotatable bonds is 9. The highest BCUT2D eigenvalue weighted by Crippen LogP contribution is 2.20. The van der Waals surface area contributed by atoms with Gasteiger partial charge in [-0.05, 0) is 39.0 Å². The summed E-state index contributed by atoms with van der Waals surface area (Å²) < 4.78 is 10.6. The predicted molar refractivity (Wildman–Crippen MR) is 73.4 cm³/mol. The molecule has 0 spiro atoms. The van der Waals surface area contributed by atoms with Gasteiger partial charge in [-0.15, -0.1) is 0 Å². The monoisotopic (exact) mass is 245 g/mol. The fourth-order valence-electron chi connectivity index (χ4n) is 1.81. The highest BCUT2D eigenvalue weighted by Gasteiger charge is 2.22. The zero-order valence-electron chi connectivity index (χ0n) is 12.7. The molecular formula is C14H31NO2. The summed E-state index contributed by atoms with van der Waals surface area (Å²) in [6, 6.07) is 0.465. The standard InChI is InChI=1S/C14H31NO2/c1-12(10-14(4,5)17-7)15-11-13(2,3)8-9-16-6/h12,15H,8-11H2,1-7H3. The smallest absolute Gasteiger partial charge is 0.0637 e. The molecule has 0 saturated heterocycles. The van der Waals surface area contributed by atoms with Gasteiger partial charge in [0.15, 0.2) is 0 Å². The Morgan fingerprint density at radius 3 is 2.18 bits per heavy atom. The minimum Gasteiger partial charge on any atom is -0.385 e. The number of hydrogen-bond acceptors (Lipinski definition) is 3. The van der Waals surface area contributed by atoms with Gasteiger partial charge in [0.2, 0.25) is 0 Å². The third-order valence-electron chi connectivity index (χ3n) is 3.26. The topological polar surface area (TPSA) is 30.5 Å². The molecule has 0 amide bonds. The molecule has 1 unspecified atom stereocenters. The van der Waals surface area contributed by atoms with Crippen LogP contribution in [0, 0.1) is 5.41 Å². The Kier molecular flexibility index (Phi) is 7.29. The summed E-state index contributed by atoms with van der Waals surface area (Å²) in [5.41, 5.74) is 0.227. The first-order valence-corrected chi connectivity index (χ1v) is 6.50. The second-order valence-corrected chi connectivity index (χ2v) is 6.36. The quantitative estimate of drug-likeness (QED) is 0.677. The molecule has 0 saturated carbocycles. The molecule has 0 fully saturated rings. The molecule has 0 aromatic carbocycles. The van der Waals surface area contributed by atoms with Crippen LogP contribution in [0.15, 0.2) is 0 Å². The van der Waals surface area contributed by atoms with E-state index < -0.39 is 0 Å². The summed E-state index contributed by atoms with van der Waals surface area (Å²) in [7, 11) is 3.53. The van der Waals surface area contributed by atoms with Crippen molar-refractivity contribution in [2.45, 2.75) is 59.1 Å². The Bertz CT molecular complexity index is 202. The summed E-state index contributed by atoms with van der Waals surface area (Å²) >= 11 is 0. The Morgan fingerprint density at radius 1 is 1.12 bits per heavy atom.